The molecule has 0 fully saturated rings. The molecule has 116 valence electrons. The third-order valence-corrected chi connectivity index (χ3v) is 2.75. The summed E-state index contributed by atoms with van der Waals surface area (Å²) in [4.78, 5) is 22.7. The second kappa shape index (κ2) is 8.24. The van der Waals surface area contributed by atoms with Crippen LogP contribution in [-0.2, 0) is 9.59 Å². The monoisotopic (exact) mass is 297 g/mol. The molecule has 0 saturated carbocycles. The maximum atomic E-state index is 12.7. The van der Waals surface area contributed by atoms with Crippen LogP contribution in [0.4, 0.5) is 4.39 Å². The van der Waals surface area contributed by atoms with Gasteiger partial charge in [-0.2, -0.15) is 0 Å². The fraction of sp³-hybridized carbons (Fsp3) is 0.467. The van der Waals surface area contributed by atoms with Crippen molar-refractivity contribution < 1.29 is 23.8 Å². The first-order valence-electron chi connectivity index (χ1n) is 6.79. The van der Waals surface area contributed by atoms with Gasteiger partial charge in [0.05, 0.1) is 13.0 Å². The summed E-state index contributed by atoms with van der Waals surface area (Å²) in [7, 11) is 0. The highest BCUT2D eigenvalue weighted by atomic mass is 19.1. The van der Waals surface area contributed by atoms with Crippen molar-refractivity contribution in [2.45, 2.75) is 32.7 Å². The van der Waals surface area contributed by atoms with Crippen molar-refractivity contribution in [3.8, 4) is 5.75 Å². The van der Waals surface area contributed by atoms with Gasteiger partial charge in [-0.25, -0.2) is 9.18 Å². The lowest BCUT2D eigenvalue weighted by Gasteiger charge is -2.16. The zero-order valence-corrected chi connectivity index (χ0v) is 12.1. The summed E-state index contributed by atoms with van der Waals surface area (Å²) < 4.78 is 18.0. The normalized spacial score (nSPS) is 12.0. The van der Waals surface area contributed by atoms with E-state index in [1.807, 2.05) is 13.8 Å². The van der Waals surface area contributed by atoms with E-state index in [0.717, 1.165) is 0 Å². The number of amides is 1. The first-order valence-corrected chi connectivity index (χ1v) is 6.79. The second-order valence-electron chi connectivity index (χ2n) is 5.14. The zero-order valence-electron chi connectivity index (χ0n) is 12.1. The van der Waals surface area contributed by atoms with Gasteiger partial charge >= 0.3 is 5.97 Å². The summed E-state index contributed by atoms with van der Waals surface area (Å²) in [5.41, 5.74) is 0. The van der Waals surface area contributed by atoms with E-state index in [4.69, 9.17) is 9.84 Å². The van der Waals surface area contributed by atoms with Crippen LogP contribution in [-0.4, -0.2) is 29.6 Å². The number of benzene rings is 1. The van der Waals surface area contributed by atoms with Gasteiger partial charge < -0.3 is 15.2 Å². The average Bonchev–Trinajstić information content (AvgIpc) is 2.39. The fourth-order valence-corrected chi connectivity index (χ4v) is 1.75. The smallest absolute Gasteiger partial charge is 0.326 e. The van der Waals surface area contributed by atoms with Crippen molar-refractivity contribution in [3.05, 3.63) is 30.1 Å². The van der Waals surface area contributed by atoms with E-state index in [-0.39, 0.29) is 30.7 Å². The van der Waals surface area contributed by atoms with E-state index >= 15 is 0 Å². The van der Waals surface area contributed by atoms with Crippen LogP contribution in [0.15, 0.2) is 24.3 Å². The minimum absolute atomic E-state index is 0.0409. The Hall–Kier alpha value is -2.11. The number of nitrogens with one attached hydrogen (secondary N) is 1. The number of carboxylic acids is 1. The number of halogens is 1. The maximum Gasteiger partial charge on any atom is 0.326 e. The summed E-state index contributed by atoms with van der Waals surface area (Å²) >= 11 is 0. The number of ether oxygens (including phenoxy) is 1. The van der Waals surface area contributed by atoms with Crippen LogP contribution in [0, 0.1) is 11.7 Å². The molecule has 0 bridgehead atoms. The minimum Gasteiger partial charge on any atom is -0.493 e. The molecule has 1 aromatic carbocycles. The molecule has 6 heteroatoms. The summed E-state index contributed by atoms with van der Waals surface area (Å²) in [6, 6.07) is 4.57. The van der Waals surface area contributed by atoms with Crippen molar-refractivity contribution in [2.24, 2.45) is 5.92 Å². The number of carbonyl (C=O) groups is 2. The molecule has 0 aromatic heterocycles. The number of carbonyl (C=O) groups excluding carboxylic acids is 1. The molecule has 1 rings (SSSR count). The van der Waals surface area contributed by atoms with Crippen molar-refractivity contribution >= 4 is 11.9 Å². The fourth-order valence-electron chi connectivity index (χ4n) is 1.75. The van der Waals surface area contributed by atoms with Crippen LogP contribution < -0.4 is 10.1 Å². The van der Waals surface area contributed by atoms with Gasteiger partial charge in [-0.05, 0) is 36.6 Å². The van der Waals surface area contributed by atoms with Crippen LogP contribution >= 0.6 is 0 Å². The van der Waals surface area contributed by atoms with Gasteiger partial charge in [0.2, 0.25) is 5.91 Å². The highest BCUT2D eigenvalue weighted by Crippen LogP contribution is 2.11. The maximum absolute atomic E-state index is 12.7. The molecule has 0 spiro atoms. The van der Waals surface area contributed by atoms with E-state index in [1.54, 1.807) is 0 Å². The minimum atomic E-state index is -1.04. The summed E-state index contributed by atoms with van der Waals surface area (Å²) in [5.74, 6) is -1.16. The first-order chi connectivity index (χ1) is 9.88. The highest BCUT2D eigenvalue weighted by molar-refractivity contribution is 5.83. The Morgan fingerprint density at radius 3 is 2.43 bits per heavy atom. The molecule has 0 aliphatic carbocycles. The van der Waals surface area contributed by atoms with E-state index in [2.05, 4.69) is 5.32 Å². The Morgan fingerprint density at radius 2 is 1.90 bits per heavy atom. The number of hydrogen-bond donors (Lipinski definition) is 2. The molecule has 5 nitrogen and oxygen atoms in total. The van der Waals surface area contributed by atoms with Gasteiger partial charge in [0.15, 0.2) is 0 Å². The Labute approximate surface area is 123 Å². The molecule has 1 atom stereocenters. The Balaban J connectivity index is 2.35. The van der Waals surface area contributed by atoms with Gasteiger partial charge in [0, 0.05) is 0 Å². The largest absolute Gasteiger partial charge is 0.493 e. The van der Waals surface area contributed by atoms with Crippen molar-refractivity contribution in [2.75, 3.05) is 6.61 Å². The van der Waals surface area contributed by atoms with Crippen LogP contribution in [0.3, 0.4) is 0 Å². The highest BCUT2D eigenvalue weighted by Gasteiger charge is 2.20. The summed E-state index contributed by atoms with van der Waals surface area (Å²) in [6.07, 6.45) is 0.416. The summed E-state index contributed by atoms with van der Waals surface area (Å²) in [6.45, 7) is 3.88. The molecule has 1 aromatic rings. The molecule has 0 aliphatic rings. The topological polar surface area (TPSA) is 75.6 Å². The molecule has 0 aliphatic heterocycles. The predicted octanol–water partition coefficient (Wildman–Crippen LogP) is 2.21. The molecule has 21 heavy (non-hydrogen) atoms. The van der Waals surface area contributed by atoms with Crippen LogP contribution in [0.5, 0.6) is 5.75 Å². The molecule has 1 amide bonds. The first kappa shape index (κ1) is 16.9. The van der Waals surface area contributed by atoms with Crippen LogP contribution in [0.1, 0.15) is 26.7 Å². The Bertz CT molecular complexity index is 473. The van der Waals surface area contributed by atoms with Gasteiger partial charge in [0.25, 0.3) is 0 Å². The standard InChI is InChI=1S/C15H20FNO4/c1-10(2)9-13(15(19)20)17-14(18)7-8-21-12-5-3-11(16)4-6-12/h3-6,10,13H,7-9H2,1-2H3,(H,17,18)(H,19,20)/t13-/m0/s1. The number of carboxylic acid groups (broad SMARTS) is 1. The lowest BCUT2D eigenvalue weighted by atomic mass is 10.0. The van der Waals surface area contributed by atoms with E-state index in [0.29, 0.717) is 12.2 Å². The third kappa shape index (κ3) is 6.74. The predicted molar refractivity (Wildman–Crippen MR) is 75.5 cm³/mol. The van der Waals surface area contributed by atoms with Crippen molar-refractivity contribution in [1.29, 1.82) is 0 Å². The molecule has 0 saturated heterocycles. The average molecular weight is 297 g/mol. The molecular formula is C15H20FNO4. The SMILES string of the molecule is CC(C)C[C@H](NC(=O)CCOc1ccc(F)cc1)C(=O)O. The van der Waals surface area contributed by atoms with E-state index < -0.39 is 12.0 Å². The Morgan fingerprint density at radius 1 is 1.29 bits per heavy atom. The van der Waals surface area contributed by atoms with Gasteiger partial charge in [-0.3, -0.25) is 4.79 Å². The van der Waals surface area contributed by atoms with Gasteiger partial charge in [-0.1, -0.05) is 13.8 Å². The van der Waals surface area contributed by atoms with Gasteiger partial charge in [0.1, 0.15) is 17.6 Å². The number of aliphatic carboxylic acids is 1. The second-order valence-corrected chi connectivity index (χ2v) is 5.14. The van der Waals surface area contributed by atoms with E-state index in [9.17, 15) is 14.0 Å². The lowest BCUT2D eigenvalue weighted by molar-refractivity contribution is -0.142. The van der Waals surface area contributed by atoms with Crippen LogP contribution in [0.25, 0.3) is 0 Å². The molecular weight excluding hydrogens is 277 g/mol. The molecule has 0 unspecified atom stereocenters. The van der Waals surface area contributed by atoms with Crippen molar-refractivity contribution in [1.82, 2.24) is 5.32 Å². The number of hydrogen-bond acceptors (Lipinski definition) is 3. The van der Waals surface area contributed by atoms with Crippen molar-refractivity contribution in [3.63, 3.8) is 0 Å². The zero-order chi connectivity index (χ0) is 15.8. The van der Waals surface area contributed by atoms with Gasteiger partial charge in [-0.15, -0.1) is 0 Å². The lowest BCUT2D eigenvalue weighted by Crippen LogP contribution is -2.42. The summed E-state index contributed by atoms with van der Waals surface area (Å²) in [5, 5.41) is 11.5. The molecule has 0 radical (unpaired) electrons. The van der Waals surface area contributed by atoms with E-state index in [1.165, 1.54) is 24.3 Å². The molecule has 0 heterocycles. The molecule has 2 N–H and O–H groups in total. The third-order valence-electron chi connectivity index (χ3n) is 2.75. The quantitative estimate of drug-likeness (QED) is 0.771. The number of rotatable bonds is 8. The van der Waals surface area contributed by atoms with Crippen LogP contribution in [0.2, 0.25) is 0 Å². The Kier molecular flexibility index (Phi) is 6.65.